The van der Waals surface area contributed by atoms with E-state index in [0.29, 0.717) is 55.6 Å². The Bertz CT molecular complexity index is 869. The standard InChI is InChI=1S/C20H25N3O4/c24-18(21-12-14-7-9-15(10-8-14)20(26)27)6-3-11-23-13-22-17-5-2-1-4-16(17)19(23)25/h1-2,4-5,13-15H,3,6-12H2,(H,21,24)(H,26,27)/p-1. The van der Waals surface area contributed by atoms with E-state index in [1.807, 2.05) is 12.1 Å². The highest BCUT2D eigenvalue weighted by molar-refractivity contribution is 5.77. The number of fused-ring (bicyclic) bond motifs is 1. The largest absolute Gasteiger partial charge is 0.550 e. The molecular formula is C20H24N3O4-. The Kier molecular flexibility index (Phi) is 6.21. The molecule has 0 unspecified atom stereocenters. The van der Waals surface area contributed by atoms with Crippen molar-refractivity contribution in [1.29, 1.82) is 0 Å². The van der Waals surface area contributed by atoms with E-state index in [1.54, 1.807) is 12.1 Å². The van der Waals surface area contributed by atoms with Gasteiger partial charge in [-0.3, -0.25) is 14.2 Å². The number of aryl methyl sites for hydroxylation is 1. The highest BCUT2D eigenvalue weighted by Gasteiger charge is 2.22. The SMILES string of the molecule is O=C(CCCn1cnc2ccccc2c1=O)NCC1CCC(C(=O)[O-])CC1. The first-order chi connectivity index (χ1) is 13.0. The summed E-state index contributed by atoms with van der Waals surface area (Å²) >= 11 is 0. The number of para-hydroxylation sites is 1. The second kappa shape index (κ2) is 8.79. The van der Waals surface area contributed by atoms with Gasteiger partial charge < -0.3 is 15.2 Å². The van der Waals surface area contributed by atoms with Crippen LogP contribution in [0.2, 0.25) is 0 Å². The molecule has 1 N–H and O–H groups in total. The summed E-state index contributed by atoms with van der Waals surface area (Å²) in [4.78, 5) is 39.5. The van der Waals surface area contributed by atoms with E-state index in [2.05, 4.69) is 10.3 Å². The van der Waals surface area contributed by atoms with Crippen LogP contribution in [0.25, 0.3) is 10.9 Å². The number of carboxylic acids is 1. The smallest absolute Gasteiger partial charge is 0.261 e. The maximum atomic E-state index is 12.4. The fourth-order valence-electron chi connectivity index (χ4n) is 3.62. The zero-order chi connectivity index (χ0) is 19.2. The van der Waals surface area contributed by atoms with E-state index in [4.69, 9.17) is 0 Å². The molecule has 2 aromatic rings. The van der Waals surface area contributed by atoms with Crippen LogP contribution < -0.4 is 16.0 Å². The van der Waals surface area contributed by atoms with E-state index >= 15 is 0 Å². The quantitative estimate of drug-likeness (QED) is 0.778. The number of amides is 1. The summed E-state index contributed by atoms with van der Waals surface area (Å²) in [5, 5.41) is 14.4. The van der Waals surface area contributed by atoms with Gasteiger partial charge in [0, 0.05) is 25.5 Å². The Hall–Kier alpha value is -2.70. The summed E-state index contributed by atoms with van der Waals surface area (Å²) < 4.78 is 1.54. The van der Waals surface area contributed by atoms with Crippen molar-refractivity contribution in [2.75, 3.05) is 6.54 Å². The van der Waals surface area contributed by atoms with Crippen LogP contribution in [0.1, 0.15) is 38.5 Å². The van der Waals surface area contributed by atoms with Crippen LogP contribution in [-0.4, -0.2) is 28.0 Å². The Morgan fingerprint density at radius 2 is 1.93 bits per heavy atom. The Morgan fingerprint density at radius 1 is 1.19 bits per heavy atom. The number of aliphatic carboxylic acids is 1. The van der Waals surface area contributed by atoms with Gasteiger partial charge in [-0.2, -0.15) is 0 Å². The first-order valence-corrected chi connectivity index (χ1v) is 9.46. The highest BCUT2D eigenvalue weighted by Crippen LogP contribution is 2.27. The lowest BCUT2D eigenvalue weighted by Crippen LogP contribution is -2.36. The lowest BCUT2D eigenvalue weighted by molar-refractivity contribution is -0.312. The maximum absolute atomic E-state index is 12.4. The minimum Gasteiger partial charge on any atom is -0.550 e. The summed E-state index contributed by atoms with van der Waals surface area (Å²) in [6.45, 7) is 1.02. The van der Waals surface area contributed by atoms with Crippen molar-refractivity contribution in [2.24, 2.45) is 11.8 Å². The van der Waals surface area contributed by atoms with E-state index in [9.17, 15) is 19.5 Å². The molecule has 1 heterocycles. The van der Waals surface area contributed by atoms with Crippen LogP contribution in [0, 0.1) is 11.8 Å². The minimum atomic E-state index is -0.962. The normalized spacial score (nSPS) is 19.7. The summed E-state index contributed by atoms with van der Waals surface area (Å²) in [5.41, 5.74) is 0.579. The topological polar surface area (TPSA) is 104 Å². The average Bonchev–Trinajstić information content (AvgIpc) is 2.68. The number of carbonyl (C=O) groups excluding carboxylic acids is 2. The molecule has 0 bridgehead atoms. The zero-order valence-corrected chi connectivity index (χ0v) is 15.2. The Balaban J connectivity index is 1.41. The fourth-order valence-corrected chi connectivity index (χ4v) is 3.62. The van der Waals surface area contributed by atoms with Gasteiger partial charge in [0.15, 0.2) is 0 Å². The molecule has 1 amide bonds. The number of aromatic nitrogens is 2. The monoisotopic (exact) mass is 370 g/mol. The molecule has 27 heavy (non-hydrogen) atoms. The summed E-state index contributed by atoms with van der Waals surface area (Å²) in [6, 6.07) is 7.20. The number of benzene rings is 1. The number of carbonyl (C=O) groups is 2. The number of rotatable bonds is 7. The Morgan fingerprint density at radius 3 is 2.67 bits per heavy atom. The lowest BCUT2D eigenvalue weighted by atomic mass is 9.82. The van der Waals surface area contributed by atoms with Crippen LogP contribution in [0.15, 0.2) is 35.4 Å². The lowest BCUT2D eigenvalue weighted by Gasteiger charge is -2.29. The highest BCUT2D eigenvalue weighted by atomic mass is 16.4. The molecule has 1 aliphatic carbocycles. The average molecular weight is 370 g/mol. The van der Waals surface area contributed by atoms with Gasteiger partial charge in [0.05, 0.1) is 17.2 Å². The second-order valence-electron chi connectivity index (χ2n) is 7.20. The fraction of sp³-hybridized carbons (Fsp3) is 0.500. The van der Waals surface area contributed by atoms with Gasteiger partial charge >= 0.3 is 0 Å². The van der Waals surface area contributed by atoms with Gasteiger partial charge in [0.25, 0.3) is 5.56 Å². The first-order valence-electron chi connectivity index (χ1n) is 9.46. The molecule has 144 valence electrons. The van der Waals surface area contributed by atoms with E-state index in [0.717, 1.165) is 12.8 Å². The predicted molar refractivity (Wildman–Crippen MR) is 98.7 cm³/mol. The van der Waals surface area contributed by atoms with E-state index < -0.39 is 5.97 Å². The third-order valence-electron chi connectivity index (χ3n) is 5.30. The third kappa shape index (κ3) is 4.93. The minimum absolute atomic E-state index is 0.0428. The van der Waals surface area contributed by atoms with Gasteiger partial charge in [0.2, 0.25) is 5.91 Å². The van der Waals surface area contributed by atoms with E-state index in [-0.39, 0.29) is 17.4 Å². The molecule has 3 rings (SSSR count). The van der Waals surface area contributed by atoms with E-state index in [1.165, 1.54) is 10.9 Å². The molecular weight excluding hydrogens is 346 g/mol. The first kappa shape index (κ1) is 19.1. The molecule has 0 spiro atoms. The molecule has 0 atom stereocenters. The Labute approximate surface area is 157 Å². The van der Waals surface area contributed by atoms with Crippen LogP contribution in [0.5, 0.6) is 0 Å². The third-order valence-corrected chi connectivity index (χ3v) is 5.30. The number of hydrogen-bond donors (Lipinski definition) is 1. The molecule has 1 fully saturated rings. The molecule has 1 aromatic heterocycles. The summed E-state index contributed by atoms with van der Waals surface area (Å²) in [7, 11) is 0. The number of hydrogen-bond acceptors (Lipinski definition) is 5. The van der Waals surface area contributed by atoms with Gasteiger partial charge in [0.1, 0.15) is 0 Å². The number of nitrogens with one attached hydrogen (secondary N) is 1. The summed E-state index contributed by atoms with van der Waals surface area (Å²) in [5.74, 6) is -1.02. The van der Waals surface area contributed by atoms with Crippen LogP contribution in [0.4, 0.5) is 0 Å². The number of nitrogens with zero attached hydrogens (tertiary/aromatic N) is 2. The molecule has 7 heteroatoms. The predicted octanol–water partition coefficient (Wildman–Crippen LogP) is 0.849. The van der Waals surface area contributed by atoms with Crippen molar-refractivity contribution in [3.05, 3.63) is 40.9 Å². The molecule has 7 nitrogen and oxygen atoms in total. The maximum Gasteiger partial charge on any atom is 0.261 e. The van der Waals surface area contributed by atoms with Crippen molar-refractivity contribution >= 4 is 22.8 Å². The van der Waals surface area contributed by atoms with Gasteiger partial charge in [-0.1, -0.05) is 12.1 Å². The van der Waals surface area contributed by atoms with Crippen LogP contribution >= 0.6 is 0 Å². The second-order valence-corrected chi connectivity index (χ2v) is 7.20. The molecule has 1 saturated carbocycles. The molecule has 1 aliphatic rings. The van der Waals surface area contributed by atoms with Gasteiger partial charge in [-0.05, 0) is 56.1 Å². The van der Waals surface area contributed by atoms with Crippen molar-refractivity contribution in [3.63, 3.8) is 0 Å². The zero-order valence-electron chi connectivity index (χ0n) is 15.2. The van der Waals surface area contributed by atoms with Crippen molar-refractivity contribution in [1.82, 2.24) is 14.9 Å². The van der Waals surface area contributed by atoms with Crippen molar-refractivity contribution in [2.45, 2.75) is 45.1 Å². The van der Waals surface area contributed by atoms with Crippen molar-refractivity contribution in [3.8, 4) is 0 Å². The van der Waals surface area contributed by atoms with Crippen molar-refractivity contribution < 1.29 is 14.7 Å². The molecule has 1 aromatic carbocycles. The van der Waals surface area contributed by atoms with Gasteiger partial charge in [-0.15, -0.1) is 0 Å². The van der Waals surface area contributed by atoms with Crippen LogP contribution in [0.3, 0.4) is 0 Å². The molecule has 0 saturated heterocycles. The molecule has 0 radical (unpaired) electrons. The van der Waals surface area contributed by atoms with Gasteiger partial charge in [-0.25, -0.2) is 4.98 Å². The number of carboxylic acid groups (broad SMARTS) is 1. The van der Waals surface area contributed by atoms with Crippen LogP contribution in [-0.2, 0) is 16.1 Å². The molecule has 0 aliphatic heterocycles. The summed E-state index contributed by atoms with van der Waals surface area (Å²) in [6.07, 6.45) is 5.28.